The second kappa shape index (κ2) is 7.37. The van der Waals surface area contributed by atoms with E-state index < -0.39 is 0 Å². The summed E-state index contributed by atoms with van der Waals surface area (Å²) >= 11 is 0. The van der Waals surface area contributed by atoms with Crippen molar-refractivity contribution < 1.29 is 0 Å². The zero-order valence-corrected chi connectivity index (χ0v) is 13.5. The van der Waals surface area contributed by atoms with Crippen LogP contribution in [0.3, 0.4) is 0 Å². The Morgan fingerprint density at radius 1 is 0.905 bits per heavy atom. The Morgan fingerprint density at radius 2 is 1.62 bits per heavy atom. The predicted octanol–water partition coefficient (Wildman–Crippen LogP) is 4.69. The highest BCUT2D eigenvalue weighted by Gasteiger charge is 2.11. The van der Waals surface area contributed by atoms with Crippen LogP contribution in [-0.2, 0) is 6.42 Å². The molecule has 21 heavy (non-hydrogen) atoms. The normalized spacial score (nSPS) is 14.1. The van der Waals surface area contributed by atoms with E-state index in [1.54, 1.807) is 0 Å². The number of rotatable bonds is 6. The van der Waals surface area contributed by atoms with Gasteiger partial charge in [0.15, 0.2) is 0 Å². The lowest BCUT2D eigenvalue weighted by molar-refractivity contribution is 0.486. The van der Waals surface area contributed by atoms with Crippen LogP contribution in [0.25, 0.3) is 0 Å². The number of hydrogen-bond donors (Lipinski definition) is 1. The van der Waals surface area contributed by atoms with E-state index in [0.717, 1.165) is 12.1 Å². The van der Waals surface area contributed by atoms with Gasteiger partial charge in [-0.15, -0.1) is 0 Å². The summed E-state index contributed by atoms with van der Waals surface area (Å²) in [5, 5.41) is 3.61. The first-order chi connectivity index (χ1) is 10.1. The largest absolute Gasteiger partial charge is 0.302 e. The van der Waals surface area contributed by atoms with E-state index in [1.807, 2.05) is 18.3 Å². The Bertz CT molecular complexity index is 531. The van der Waals surface area contributed by atoms with Crippen molar-refractivity contribution in [3.8, 4) is 0 Å². The molecule has 0 aliphatic heterocycles. The average Bonchev–Trinajstić information content (AvgIpc) is 2.48. The number of hydrogen-bond acceptors (Lipinski definition) is 2. The number of nitrogens with one attached hydrogen (secondary N) is 1. The molecule has 0 fully saturated rings. The third kappa shape index (κ3) is 4.68. The van der Waals surface area contributed by atoms with Gasteiger partial charge in [0.05, 0.1) is 5.69 Å². The van der Waals surface area contributed by atoms with E-state index in [0.29, 0.717) is 12.0 Å². The Labute approximate surface area is 128 Å². The standard InChI is InChI=1S/C19H26N2/c1-14(2)13-17-8-10-18(11-9-17)15(3)21-16(4)19-7-5-6-12-20-19/h5-12,14-16,21H,13H2,1-4H3/t15?,16-/m0/s1. The van der Waals surface area contributed by atoms with E-state index in [9.17, 15) is 0 Å². The highest BCUT2D eigenvalue weighted by atomic mass is 15.0. The van der Waals surface area contributed by atoms with Crippen molar-refractivity contribution >= 4 is 0 Å². The maximum Gasteiger partial charge on any atom is 0.0570 e. The molecule has 1 N–H and O–H groups in total. The van der Waals surface area contributed by atoms with Gasteiger partial charge in [-0.3, -0.25) is 4.98 Å². The number of benzene rings is 1. The predicted molar refractivity (Wildman–Crippen MR) is 89.2 cm³/mol. The highest BCUT2D eigenvalue weighted by molar-refractivity contribution is 5.25. The second-order valence-electron chi connectivity index (χ2n) is 6.20. The molecule has 2 aromatic rings. The molecule has 0 spiro atoms. The maximum absolute atomic E-state index is 4.41. The molecule has 112 valence electrons. The summed E-state index contributed by atoms with van der Waals surface area (Å²) < 4.78 is 0. The van der Waals surface area contributed by atoms with Gasteiger partial charge in [-0.2, -0.15) is 0 Å². The van der Waals surface area contributed by atoms with Gasteiger partial charge in [-0.05, 0) is 49.4 Å². The van der Waals surface area contributed by atoms with Gasteiger partial charge >= 0.3 is 0 Å². The molecule has 0 aliphatic rings. The summed E-state index contributed by atoms with van der Waals surface area (Å²) in [6.45, 7) is 8.88. The molecule has 2 rings (SSSR count). The van der Waals surface area contributed by atoms with Crippen molar-refractivity contribution in [2.24, 2.45) is 5.92 Å². The summed E-state index contributed by atoms with van der Waals surface area (Å²) in [6.07, 6.45) is 2.99. The Morgan fingerprint density at radius 3 is 2.19 bits per heavy atom. The molecule has 0 saturated carbocycles. The summed E-state index contributed by atoms with van der Waals surface area (Å²) in [7, 11) is 0. The molecular formula is C19H26N2. The van der Waals surface area contributed by atoms with Crippen LogP contribution in [0.5, 0.6) is 0 Å². The molecule has 1 aromatic heterocycles. The first-order valence-corrected chi connectivity index (χ1v) is 7.82. The topological polar surface area (TPSA) is 24.9 Å². The molecular weight excluding hydrogens is 256 g/mol. The van der Waals surface area contributed by atoms with Crippen LogP contribution < -0.4 is 5.32 Å². The molecule has 0 amide bonds. The van der Waals surface area contributed by atoms with Crippen LogP contribution in [0.2, 0.25) is 0 Å². The van der Waals surface area contributed by atoms with E-state index in [2.05, 4.69) is 68.3 Å². The van der Waals surface area contributed by atoms with Crippen molar-refractivity contribution in [2.75, 3.05) is 0 Å². The third-order valence-corrected chi connectivity index (χ3v) is 3.76. The SMILES string of the molecule is CC(C)Cc1ccc(C(C)N[C@@H](C)c2ccccn2)cc1. The number of aromatic nitrogens is 1. The fourth-order valence-electron chi connectivity index (χ4n) is 2.60. The van der Waals surface area contributed by atoms with Gasteiger partial charge in [0.25, 0.3) is 0 Å². The van der Waals surface area contributed by atoms with Crippen molar-refractivity contribution in [3.05, 3.63) is 65.5 Å². The molecule has 2 heteroatoms. The van der Waals surface area contributed by atoms with Gasteiger partial charge in [0.2, 0.25) is 0 Å². The van der Waals surface area contributed by atoms with Crippen molar-refractivity contribution in [1.29, 1.82) is 0 Å². The molecule has 0 saturated heterocycles. The van der Waals surface area contributed by atoms with Crippen LogP contribution >= 0.6 is 0 Å². The van der Waals surface area contributed by atoms with E-state index in [4.69, 9.17) is 0 Å². The summed E-state index contributed by atoms with van der Waals surface area (Å²) in [5.41, 5.74) is 3.82. The lowest BCUT2D eigenvalue weighted by Crippen LogP contribution is -2.23. The zero-order chi connectivity index (χ0) is 15.2. The van der Waals surface area contributed by atoms with Crippen molar-refractivity contribution in [2.45, 2.75) is 46.2 Å². The van der Waals surface area contributed by atoms with Crippen LogP contribution in [0.15, 0.2) is 48.7 Å². The fourth-order valence-corrected chi connectivity index (χ4v) is 2.60. The molecule has 1 aromatic carbocycles. The van der Waals surface area contributed by atoms with E-state index in [-0.39, 0.29) is 6.04 Å². The first-order valence-electron chi connectivity index (χ1n) is 7.82. The van der Waals surface area contributed by atoms with E-state index in [1.165, 1.54) is 11.1 Å². The molecule has 2 atom stereocenters. The monoisotopic (exact) mass is 282 g/mol. The number of pyridine rings is 1. The minimum atomic E-state index is 0.247. The molecule has 1 heterocycles. The zero-order valence-electron chi connectivity index (χ0n) is 13.5. The lowest BCUT2D eigenvalue weighted by Gasteiger charge is -2.20. The average molecular weight is 282 g/mol. The maximum atomic E-state index is 4.41. The molecule has 1 unspecified atom stereocenters. The molecule has 0 aliphatic carbocycles. The van der Waals surface area contributed by atoms with E-state index >= 15 is 0 Å². The minimum Gasteiger partial charge on any atom is -0.302 e. The van der Waals surface area contributed by atoms with Gasteiger partial charge in [0, 0.05) is 18.3 Å². The van der Waals surface area contributed by atoms with Gasteiger partial charge in [-0.25, -0.2) is 0 Å². The molecule has 2 nitrogen and oxygen atoms in total. The van der Waals surface area contributed by atoms with Crippen molar-refractivity contribution in [1.82, 2.24) is 10.3 Å². The van der Waals surface area contributed by atoms with Gasteiger partial charge in [-0.1, -0.05) is 44.2 Å². The third-order valence-electron chi connectivity index (χ3n) is 3.76. The number of nitrogens with zero attached hydrogens (tertiary/aromatic N) is 1. The molecule has 0 radical (unpaired) electrons. The lowest BCUT2D eigenvalue weighted by atomic mass is 9.99. The summed E-state index contributed by atoms with van der Waals surface area (Å²) in [5.74, 6) is 0.704. The smallest absolute Gasteiger partial charge is 0.0570 e. The Hall–Kier alpha value is -1.67. The fraction of sp³-hybridized carbons (Fsp3) is 0.421. The summed E-state index contributed by atoms with van der Waals surface area (Å²) in [4.78, 5) is 4.41. The van der Waals surface area contributed by atoms with Crippen molar-refractivity contribution in [3.63, 3.8) is 0 Å². The van der Waals surface area contributed by atoms with Crippen LogP contribution in [0, 0.1) is 5.92 Å². The minimum absolute atomic E-state index is 0.247. The first kappa shape index (κ1) is 15.7. The van der Waals surface area contributed by atoms with Crippen LogP contribution in [0.1, 0.15) is 56.6 Å². The quantitative estimate of drug-likeness (QED) is 0.831. The van der Waals surface area contributed by atoms with Crippen LogP contribution in [-0.4, -0.2) is 4.98 Å². The Kier molecular flexibility index (Phi) is 5.51. The van der Waals surface area contributed by atoms with Gasteiger partial charge < -0.3 is 5.32 Å². The highest BCUT2D eigenvalue weighted by Crippen LogP contribution is 2.19. The van der Waals surface area contributed by atoms with Gasteiger partial charge in [0.1, 0.15) is 0 Å². The van der Waals surface area contributed by atoms with Crippen LogP contribution in [0.4, 0.5) is 0 Å². The second-order valence-corrected chi connectivity index (χ2v) is 6.20. The molecule has 0 bridgehead atoms. The summed E-state index contributed by atoms with van der Waals surface area (Å²) in [6, 6.07) is 15.6. The Balaban J connectivity index is 1.98.